The minimum Gasteiger partial charge on any atom is -0.346 e. The van der Waals surface area contributed by atoms with E-state index in [1.807, 2.05) is 0 Å². The second-order valence-corrected chi connectivity index (χ2v) is 5.30. The average Bonchev–Trinajstić information content (AvgIpc) is 3.00. The first-order valence-electron chi connectivity index (χ1n) is 6.48. The smallest absolute Gasteiger partial charge is 0.346 e. The normalized spacial score (nSPS) is 27.9. The van der Waals surface area contributed by atoms with E-state index in [9.17, 15) is 22.4 Å². The molecule has 1 aromatic heterocycles. The van der Waals surface area contributed by atoms with E-state index in [1.165, 1.54) is 0 Å². The summed E-state index contributed by atoms with van der Waals surface area (Å²) < 4.78 is 50.7. The van der Waals surface area contributed by atoms with Gasteiger partial charge in [-0.25, -0.2) is 14.4 Å². The number of rotatable bonds is 2. The van der Waals surface area contributed by atoms with Crippen molar-refractivity contribution in [2.75, 3.05) is 6.54 Å². The molecule has 0 radical (unpaired) electrons. The van der Waals surface area contributed by atoms with Gasteiger partial charge in [0, 0.05) is 18.6 Å². The number of amides is 1. The highest BCUT2D eigenvalue weighted by atomic mass is 19.4. The molecule has 2 fully saturated rings. The van der Waals surface area contributed by atoms with Gasteiger partial charge in [0.2, 0.25) is 5.82 Å². The fourth-order valence-corrected chi connectivity index (χ4v) is 2.92. The largest absolute Gasteiger partial charge is 0.436 e. The van der Waals surface area contributed by atoms with E-state index in [2.05, 4.69) is 20.6 Å². The van der Waals surface area contributed by atoms with Crippen molar-refractivity contribution < 1.29 is 22.4 Å². The van der Waals surface area contributed by atoms with Crippen molar-refractivity contribution >= 4 is 5.91 Å². The standard InChI is InChI=1S/C12H12F4N4O/c13-7-4-18-10(20-9(7)12(14,15)16)11(21)19-8-2-6-1-5(8)3-17-6/h4-6,8,17H,1-3H2,(H,19,21). The van der Waals surface area contributed by atoms with E-state index < -0.39 is 29.4 Å². The van der Waals surface area contributed by atoms with Crippen LogP contribution in [0.1, 0.15) is 29.2 Å². The molecule has 1 saturated heterocycles. The van der Waals surface area contributed by atoms with E-state index in [1.54, 1.807) is 0 Å². The highest BCUT2D eigenvalue weighted by Gasteiger charge is 2.41. The topological polar surface area (TPSA) is 66.9 Å². The summed E-state index contributed by atoms with van der Waals surface area (Å²) >= 11 is 0. The molecule has 2 aliphatic rings. The summed E-state index contributed by atoms with van der Waals surface area (Å²) in [6, 6.07) is 0.229. The molecule has 2 N–H and O–H groups in total. The van der Waals surface area contributed by atoms with Crippen molar-refractivity contribution in [2.45, 2.75) is 31.1 Å². The summed E-state index contributed by atoms with van der Waals surface area (Å²) in [5.74, 6) is -2.80. The van der Waals surface area contributed by atoms with Gasteiger partial charge in [-0.2, -0.15) is 13.2 Å². The second kappa shape index (κ2) is 4.90. The Morgan fingerprint density at radius 3 is 2.71 bits per heavy atom. The number of hydrogen-bond donors (Lipinski definition) is 2. The van der Waals surface area contributed by atoms with Gasteiger partial charge in [0.05, 0.1) is 6.20 Å². The van der Waals surface area contributed by atoms with Gasteiger partial charge in [-0.15, -0.1) is 0 Å². The number of piperidine rings is 1. The summed E-state index contributed by atoms with van der Waals surface area (Å²) in [6.45, 7) is 0.772. The molecule has 21 heavy (non-hydrogen) atoms. The van der Waals surface area contributed by atoms with Crippen LogP contribution < -0.4 is 10.6 Å². The van der Waals surface area contributed by atoms with Gasteiger partial charge >= 0.3 is 6.18 Å². The van der Waals surface area contributed by atoms with Gasteiger partial charge in [0.15, 0.2) is 11.5 Å². The highest BCUT2D eigenvalue weighted by molar-refractivity contribution is 5.90. The molecule has 2 heterocycles. The van der Waals surface area contributed by atoms with E-state index in [-0.39, 0.29) is 12.0 Å². The fraction of sp³-hybridized carbons (Fsp3) is 0.583. The third-order valence-corrected chi connectivity index (χ3v) is 3.90. The predicted octanol–water partition coefficient (Wildman–Crippen LogP) is 1.11. The maximum atomic E-state index is 13.1. The van der Waals surface area contributed by atoms with E-state index in [0.717, 1.165) is 19.4 Å². The van der Waals surface area contributed by atoms with Crippen LogP contribution in [0, 0.1) is 11.7 Å². The Balaban J connectivity index is 1.76. The number of aromatic nitrogens is 2. The van der Waals surface area contributed by atoms with Gasteiger partial charge in [-0.1, -0.05) is 0 Å². The lowest BCUT2D eigenvalue weighted by Crippen LogP contribution is -2.44. The Kier molecular flexibility index (Phi) is 3.31. The van der Waals surface area contributed by atoms with Crippen LogP contribution in [0.3, 0.4) is 0 Å². The molecule has 2 bridgehead atoms. The van der Waals surface area contributed by atoms with E-state index in [4.69, 9.17) is 0 Å². The molecule has 5 nitrogen and oxygen atoms in total. The van der Waals surface area contributed by atoms with Crippen molar-refractivity contribution in [3.63, 3.8) is 0 Å². The molecule has 1 aromatic rings. The van der Waals surface area contributed by atoms with Crippen LogP contribution in [0.5, 0.6) is 0 Å². The maximum Gasteiger partial charge on any atom is 0.436 e. The number of carbonyl (C=O) groups excluding carboxylic acids is 1. The molecule has 9 heteroatoms. The molecule has 1 saturated carbocycles. The Hall–Kier alpha value is -1.77. The lowest BCUT2D eigenvalue weighted by atomic mass is 10.0. The first kappa shape index (κ1) is 14.2. The fourth-order valence-electron chi connectivity index (χ4n) is 2.92. The molecular formula is C12H12F4N4O. The van der Waals surface area contributed by atoms with Crippen molar-refractivity contribution in [1.82, 2.24) is 20.6 Å². The number of halogens is 4. The quantitative estimate of drug-likeness (QED) is 0.804. The minimum atomic E-state index is -4.96. The molecule has 1 aliphatic carbocycles. The maximum absolute atomic E-state index is 13.1. The van der Waals surface area contributed by atoms with Gasteiger partial charge in [-0.3, -0.25) is 4.79 Å². The van der Waals surface area contributed by atoms with Gasteiger partial charge in [0.1, 0.15) is 0 Å². The van der Waals surface area contributed by atoms with Crippen molar-refractivity contribution in [3.8, 4) is 0 Å². The van der Waals surface area contributed by atoms with E-state index >= 15 is 0 Å². The van der Waals surface area contributed by atoms with Gasteiger partial charge < -0.3 is 10.6 Å². The van der Waals surface area contributed by atoms with Crippen LogP contribution in [-0.2, 0) is 6.18 Å². The van der Waals surface area contributed by atoms with Crippen molar-refractivity contribution in [2.24, 2.45) is 5.92 Å². The lowest BCUT2D eigenvalue weighted by Gasteiger charge is -2.23. The number of alkyl halides is 3. The van der Waals surface area contributed by atoms with Crippen molar-refractivity contribution in [1.29, 1.82) is 0 Å². The molecule has 114 valence electrons. The Morgan fingerprint density at radius 1 is 1.38 bits per heavy atom. The number of hydrogen-bond acceptors (Lipinski definition) is 4. The molecule has 0 spiro atoms. The van der Waals surface area contributed by atoms with Crippen LogP contribution in [0.2, 0.25) is 0 Å². The molecular weight excluding hydrogens is 292 g/mol. The molecule has 3 atom stereocenters. The average molecular weight is 304 g/mol. The number of nitrogens with one attached hydrogen (secondary N) is 2. The monoisotopic (exact) mass is 304 g/mol. The summed E-state index contributed by atoms with van der Waals surface area (Å²) in [7, 11) is 0. The number of nitrogens with zero attached hydrogens (tertiary/aromatic N) is 2. The molecule has 1 amide bonds. The van der Waals surface area contributed by atoms with Gasteiger partial charge in [0.25, 0.3) is 5.91 Å². The first-order chi connectivity index (χ1) is 9.84. The minimum absolute atomic E-state index is 0.105. The Morgan fingerprint density at radius 2 is 2.14 bits per heavy atom. The predicted molar refractivity (Wildman–Crippen MR) is 62.8 cm³/mol. The molecule has 3 unspecified atom stereocenters. The molecule has 1 aliphatic heterocycles. The number of carbonyl (C=O) groups is 1. The van der Waals surface area contributed by atoms with Crippen molar-refractivity contribution in [3.05, 3.63) is 23.5 Å². The van der Waals surface area contributed by atoms with Crippen LogP contribution in [0.25, 0.3) is 0 Å². The number of fused-ring (bicyclic) bond motifs is 2. The zero-order valence-corrected chi connectivity index (χ0v) is 10.7. The second-order valence-electron chi connectivity index (χ2n) is 5.30. The first-order valence-corrected chi connectivity index (χ1v) is 6.48. The van der Waals surface area contributed by atoms with Crippen LogP contribution in [0.4, 0.5) is 17.6 Å². The lowest BCUT2D eigenvalue weighted by molar-refractivity contribution is -0.143. The summed E-state index contributed by atoms with van der Waals surface area (Å²) in [5, 5.41) is 5.89. The summed E-state index contributed by atoms with van der Waals surface area (Å²) in [6.07, 6.45) is -2.93. The zero-order valence-electron chi connectivity index (χ0n) is 10.7. The van der Waals surface area contributed by atoms with Gasteiger partial charge in [-0.05, 0) is 18.8 Å². The summed E-state index contributed by atoms with van der Waals surface area (Å²) in [5.41, 5.74) is -1.72. The van der Waals surface area contributed by atoms with Crippen LogP contribution >= 0.6 is 0 Å². The third kappa shape index (κ3) is 2.69. The third-order valence-electron chi connectivity index (χ3n) is 3.90. The SMILES string of the molecule is O=C(NC1CC2CC1CN2)c1ncc(F)c(C(F)(F)F)n1. The molecule has 0 aromatic carbocycles. The molecule has 3 rings (SSSR count). The van der Waals surface area contributed by atoms with Crippen LogP contribution in [-0.4, -0.2) is 34.5 Å². The summed E-state index contributed by atoms with van der Waals surface area (Å²) in [4.78, 5) is 18.3. The Labute approximate surface area is 117 Å². The zero-order chi connectivity index (χ0) is 15.2. The van der Waals surface area contributed by atoms with E-state index in [0.29, 0.717) is 12.2 Å². The van der Waals surface area contributed by atoms with Crippen LogP contribution in [0.15, 0.2) is 6.20 Å². The Bertz CT molecular complexity index is 577. The highest BCUT2D eigenvalue weighted by Crippen LogP contribution is 2.32.